The maximum atomic E-state index is 12.0. The van der Waals surface area contributed by atoms with Crippen molar-refractivity contribution in [2.75, 3.05) is 13.2 Å². The summed E-state index contributed by atoms with van der Waals surface area (Å²) in [6.45, 7) is 6.26. The highest BCUT2D eigenvalue weighted by molar-refractivity contribution is 5.67. The second kappa shape index (κ2) is 9.38. The molecule has 0 fully saturated rings. The molecule has 0 saturated heterocycles. The summed E-state index contributed by atoms with van der Waals surface area (Å²) < 4.78 is 5.33. The third kappa shape index (κ3) is 6.61. The van der Waals surface area contributed by atoms with Crippen molar-refractivity contribution in [3.05, 3.63) is 34.9 Å². The Balaban J connectivity index is 2.05. The molecule has 1 aliphatic carbocycles. The average Bonchev–Trinajstić information content (AvgIpc) is 2.56. The molecule has 146 valence electrons. The SMILES string of the molecule is CC(C)(C)OC(=O)NC[C@H](CCCCO)c1ccc2c(c1)CCC(O)C2. The first-order chi connectivity index (χ1) is 12.3. The van der Waals surface area contributed by atoms with E-state index in [4.69, 9.17) is 9.84 Å². The quantitative estimate of drug-likeness (QED) is 0.650. The van der Waals surface area contributed by atoms with Crippen LogP contribution in [0.15, 0.2) is 18.2 Å². The number of ether oxygens (including phenoxy) is 1. The third-order valence-electron chi connectivity index (χ3n) is 4.76. The lowest BCUT2D eigenvalue weighted by Gasteiger charge is -2.25. The second-order valence-electron chi connectivity index (χ2n) is 8.22. The Bertz CT molecular complexity index is 594. The molecule has 0 bridgehead atoms. The van der Waals surface area contributed by atoms with Crippen LogP contribution in [0.2, 0.25) is 0 Å². The van der Waals surface area contributed by atoms with Crippen molar-refractivity contribution in [2.24, 2.45) is 0 Å². The van der Waals surface area contributed by atoms with E-state index in [-0.39, 0.29) is 18.6 Å². The van der Waals surface area contributed by atoms with Crippen LogP contribution in [0, 0.1) is 0 Å². The first kappa shape index (κ1) is 20.7. The Morgan fingerprint density at radius 2 is 2.08 bits per heavy atom. The van der Waals surface area contributed by atoms with E-state index < -0.39 is 11.7 Å². The van der Waals surface area contributed by atoms with E-state index in [2.05, 4.69) is 23.5 Å². The number of benzene rings is 1. The molecule has 0 aromatic heterocycles. The van der Waals surface area contributed by atoms with Crippen LogP contribution in [0.25, 0.3) is 0 Å². The van der Waals surface area contributed by atoms with E-state index in [1.807, 2.05) is 20.8 Å². The fourth-order valence-electron chi connectivity index (χ4n) is 3.42. The minimum Gasteiger partial charge on any atom is -0.444 e. The largest absolute Gasteiger partial charge is 0.444 e. The summed E-state index contributed by atoms with van der Waals surface area (Å²) in [5.41, 5.74) is 3.22. The van der Waals surface area contributed by atoms with Gasteiger partial charge in [0.25, 0.3) is 0 Å². The Hall–Kier alpha value is -1.59. The van der Waals surface area contributed by atoms with Crippen LogP contribution in [0.5, 0.6) is 0 Å². The highest BCUT2D eigenvalue weighted by atomic mass is 16.6. The van der Waals surface area contributed by atoms with Crippen LogP contribution >= 0.6 is 0 Å². The number of unbranched alkanes of at least 4 members (excludes halogenated alkanes) is 1. The minimum atomic E-state index is -0.511. The third-order valence-corrected chi connectivity index (χ3v) is 4.76. The van der Waals surface area contributed by atoms with E-state index in [1.54, 1.807) is 0 Å². The van der Waals surface area contributed by atoms with Gasteiger partial charge >= 0.3 is 6.09 Å². The molecular weight excluding hydrogens is 330 g/mol. The maximum absolute atomic E-state index is 12.0. The van der Waals surface area contributed by atoms with Gasteiger partial charge in [0.2, 0.25) is 0 Å². The summed E-state index contributed by atoms with van der Waals surface area (Å²) in [6.07, 6.45) is 4.37. The summed E-state index contributed by atoms with van der Waals surface area (Å²) in [5.74, 6) is 0.186. The van der Waals surface area contributed by atoms with Gasteiger partial charge in [-0.05, 0) is 69.6 Å². The lowest BCUT2D eigenvalue weighted by atomic mass is 9.85. The van der Waals surface area contributed by atoms with Crippen LogP contribution in [-0.2, 0) is 17.6 Å². The van der Waals surface area contributed by atoms with E-state index in [0.717, 1.165) is 38.5 Å². The number of rotatable bonds is 7. The first-order valence-corrected chi connectivity index (χ1v) is 9.66. The van der Waals surface area contributed by atoms with Crippen molar-refractivity contribution in [2.45, 2.75) is 76.9 Å². The molecule has 1 unspecified atom stereocenters. The fourth-order valence-corrected chi connectivity index (χ4v) is 3.42. The van der Waals surface area contributed by atoms with Crippen LogP contribution < -0.4 is 5.32 Å². The van der Waals surface area contributed by atoms with Crippen LogP contribution in [0.4, 0.5) is 4.79 Å². The van der Waals surface area contributed by atoms with Gasteiger partial charge in [-0.25, -0.2) is 4.79 Å². The maximum Gasteiger partial charge on any atom is 0.407 e. The lowest BCUT2D eigenvalue weighted by molar-refractivity contribution is 0.0523. The number of hydrogen-bond donors (Lipinski definition) is 3. The molecule has 1 aromatic carbocycles. The Morgan fingerprint density at radius 3 is 2.77 bits per heavy atom. The number of alkyl carbamates (subject to hydrolysis) is 1. The average molecular weight is 363 g/mol. The van der Waals surface area contributed by atoms with Gasteiger partial charge in [0.15, 0.2) is 0 Å². The van der Waals surface area contributed by atoms with Gasteiger partial charge in [-0.15, -0.1) is 0 Å². The van der Waals surface area contributed by atoms with Crippen LogP contribution in [0.3, 0.4) is 0 Å². The summed E-state index contributed by atoms with van der Waals surface area (Å²) in [4.78, 5) is 12.0. The van der Waals surface area contributed by atoms with Gasteiger partial charge in [-0.2, -0.15) is 0 Å². The monoisotopic (exact) mass is 363 g/mol. The number of hydrogen-bond acceptors (Lipinski definition) is 4. The van der Waals surface area contributed by atoms with E-state index in [1.165, 1.54) is 16.7 Å². The molecule has 0 heterocycles. The van der Waals surface area contributed by atoms with Gasteiger partial charge in [0, 0.05) is 19.1 Å². The minimum absolute atomic E-state index is 0.186. The van der Waals surface area contributed by atoms with Gasteiger partial charge in [-0.1, -0.05) is 24.6 Å². The van der Waals surface area contributed by atoms with Crippen molar-refractivity contribution in [1.29, 1.82) is 0 Å². The highest BCUT2D eigenvalue weighted by Gasteiger charge is 2.21. The van der Waals surface area contributed by atoms with Crippen LogP contribution in [0.1, 0.15) is 69.1 Å². The topological polar surface area (TPSA) is 78.8 Å². The molecular formula is C21H33NO4. The number of carbonyl (C=O) groups excluding carboxylic acids is 1. The summed E-state index contributed by atoms with van der Waals surface area (Å²) in [6, 6.07) is 6.44. The van der Waals surface area contributed by atoms with E-state index in [9.17, 15) is 9.90 Å². The molecule has 0 radical (unpaired) electrons. The van der Waals surface area contributed by atoms with E-state index >= 15 is 0 Å². The number of aryl methyl sites for hydroxylation is 1. The standard InChI is InChI=1S/C21H33NO4/c1-21(2,3)26-20(25)22-14-18(6-4-5-11-23)16-7-8-17-13-19(24)10-9-15(17)12-16/h7-8,12,18-19,23-24H,4-6,9-11,13-14H2,1-3H3,(H,22,25)/t18-,19?/m0/s1. The lowest BCUT2D eigenvalue weighted by Crippen LogP contribution is -2.35. The summed E-state index contributed by atoms with van der Waals surface area (Å²) in [7, 11) is 0. The number of aliphatic hydroxyl groups excluding tert-OH is 2. The molecule has 1 amide bonds. The van der Waals surface area contributed by atoms with Crippen molar-refractivity contribution < 1.29 is 19.7 Å². The second-order valence-corrected chi connectivity index (χ2v) is 8.22. The van der Waals surface area contributed by atoms with Crippen LogP contribution in [-0.4, -0.2) is 41.2 Å². The van der Waals surface area contributed by atoms with Crippen molar-refractivity contribution in [3.63, 3.8) is 0 Å². The molecule has 1 aromatic rings. The Labute approximate surface area is 156 Å². The number of carbonyl (C=O) groups is 1. The number of amides is 1. The predicted octanol–water partition coefficient (Wildman–Crippen LogP) is 3.31. The Kier molecular flexibility index (Phi) is 7.47. The normalized spacial score (nSPS) is 18.1. The zero-order chi connectivity index (χ0) is 19.2. The molecule has 0 saturated carbocycles. The molecule has 5 nitrogen and oxygen atoms in total. The molecule has 0 spiro atoms. The molecule has 3 N–H and O–H groups in total. The van der Waals surface area contributed by atoms with Crippen molar-refractivity contribution in [3.8, 4) is 0 Å². The predicted molar refractivity (Wildman–Crippen MR) is 102 cm³/mol. The molecule has 26 heavy (non-hydrogen) atoms. The van der Waals surface area contributed by atoms with E-state index in [0.29, 0.717) is 6.54 Å². The summed E-state index contributed by atoms with van der Waals surface area (Å²) in [5, 5.41) is 21.8. The van der Waals surface area contributed by atoms with Gasteiger partial charge in [0.05, 0.1) is 6.10 Å². The smallest absolute Gasteiger partial charge is 0.407 e. The summed E-state index contributed by atoms with van der Waals surface area (Å²) >= 11 is 0. The number of aliphatic hydroxyl groups is 2. The number of fused-ring (bicyclic) bond motifs is 1. The molecule has 2 rings (SSSR count). The first-order valence-electron chi connectivity index (χ1n) is 9.66. The molecule has 1 aliphatic rings. The van der Waals surface area contributed by atoms with Gasteiger partial charge < -0.3 is 20.3 Å². The zero-order valence-electron chi connectivity index (χ0n) is 16.3. The number of nitrogens with one attached hydrogen (secondary N) is 1. The molecule has 0 aliphatic heterocycles. The van der Waals surface area contributed by atoms with Gasteiger partial charge in [0.1, 0.15) is 5.60 Å². The fraction of sp³-hybridized carbons (Fsp3) is 0.667. The molecule has 5 heteroatoms. The van der Waals surface area contributed by atoms with Crippen molar-refractivity contribution in [1.82, 2.24) is 5.32 Å². The molecule has 2 atom stereocenters. The zero-order valence-corrected chi connectivity index (χ0v) is 16.3. The highest BCUT2D eigenvalue weighted by Crippen LogP contribution is 2.28. The Morgan fingerprint density at radius 1 is 1.31 bits per heavy atom. The van der Waals surface area contributed by atoms with Gasteiger partial charge in [-0.3, -0.25) is 0 Å². The van der Waals surface area contributed by atoms with Crippen molar-refractivity contribution >= 4 is 6.09 Å².